The number of piperidine rings is 1. The molecule has 3 rings (SSSR count). The summed E-state index contributed by atoms with van der Waals surface area (Å²) in [5.41, 5.74) is 0.609. The highest BCUT2D eigenvalue weighted by Gasteiger charge is 2.38. The zero-order valence-electron chi connectivity index (χ0n) is 15.5. The lowest BCUT2D eigenvalue weighted by Gasteiger charge is -2.48. The van der Waals surface area contributed by atoms with Crippen LogP contribution in [0.2, 0.25) is 5.02 Å². The third-order valence-corrected chi connectivity index (χ3v) is 6.37. The molecule has 148 valence electrons. The zero-order chi connectivity index (χ0) is 19.3. The van der Waals surface area contributed by atoms with Gasteiger partial charge in [0.2, 0.25) is 0 Å². The first-order valence-electron chi connectivity index (χ1n) is 9.74. The molecule has 0 radical (unpaired) electrons. The minimum atomic E-state index is -0.439. The average Bonchev–Trinajstić information content (AvgIpc) is 2.69. The Morgan fingerprint density at radius 2 is 1.85 bits per heavy atom. The molecule has 8 heteroatoms. The van der Waals surface area contributed by atoms with Gasteiger partial charge in [-0.2, -0.15) is 0 Å². The lowest BCUT2D eigenvalue weighted by Crippen LogP contribution is -2.58. The van der Waals surface area contributed by atoms with Crippen molar-refractivity contribution in [3.05, 3.63) is 33.3 Å². The van der Waals surface area contributed by atoms with Crippen molar-refractivity contribution in [3.8, 4) is 0 Å². The summed E-state index contributed by atoms with van der Waals surface area (Å²) in [5.74, 6) is 0. The number of benzene rings is 1. The lowest BCUT2D eigenvalue weighted by atomic mass is 9.79. The Morgan fingerprint density at radius 3 is 2.52 bits per heavy atom. The van der Waals surface area contributed by atoms with Crippen molar-refractivity contribution >= 4 is 40.3 Å². The molecule has 2 aliphatic rings. The Balaban J connectivity index is 1.64. The third-order valence-electron chi connectivity index (χ3n) is 5.80. The fraction of sp³-hybridized carbons (Fsp3) is 0.632. The standard InChI is InChI=1S/C19H27ClN4O2S/c20-16-8-7-15(24(25)26)13-17(16)22-18(27)21-14-19(9-3-1-4-10-19)23-11-5-2-6-12-23/h7-8,13H,1-6,9-12,14H2,(H2,21,22,27). The van der Waals surface area contributed by atoms with Crippen molar-refractivity contribution in [1.82, 2.24) is 10.2 Å². The molecule has 1 aromatic carbocycles. The van der Waals surface area contributed by atoms with Gasteiger partial charge >= 0.3 is 0 Å². The minimum Gasteiger partial charge on any atom is -0.361 e. The maximum Gasteiger partial charge on any atom is 0.271 e. The first-order valence-corrected chi connectivity index (χ1v) is 10.5. The summed E-state index contributed by atoms with van der Waals surface area (Å²) in [6, 6.07) is 4.32. The molecule has 0 spiro atoms. The Kier molecular flexibility index (Phi) is 6.89. The molecule has 0 aromatic heterocycles. The van der Waals surface area contributed by atoms with E-state index in [4.69, 9.17) is 23.8 Å². The van der Waals surface area contributed by atoms with E-state index in [9.17, 15) is 10.1 Å². The highest BCUT2D eigenvalue weighted by atomic mass is 35.5. The summed E-state index contributed by atoms with van der Waals surface area (Å²) < 4.78 is 0. The highest BCUT2D eigenvalue weighted by Crippen LogP contribution is 2.35. The van der Waals surface area contributed by atoms with E-state index in [0.717, 1.165) is 6.54 Å². The zero-order valence-corrected chi connectivity index (χ0v) is 17.1. The van der Waals surface area contributed by atoms with Gasteiger partial charge < -0.3 is 10.6 Å². The summed E-state index contributed by atoms with van der Waals surface area (Å²) in [4.78, 5) is 13.2. The fourth-order valence-electron chi connectivity index (χ4n) is 4.32. The topological polar surface area (TPSA) is 70.4 Å². The number of hydrogen-bond acceptors (Lipinski definition) is 4. The SMILES string of the molecule is O=[N+]([O-])c1ccc(Cl)c(NC(=S)NCC2(N3CCCCC3)CCCCC2)c1. The molecule has 27 heavy (non-hydrogen) atoms. The van der Waals surface area contributed by atoms with Gasteiger partial charge in [0.25, 0.3) is 5.69 Å². The van der Waals surface area contributed by atoms with Gasteiger partial charge in [0, 0.05) is 24.2 Å². The lowest BCUT2D eigenvalue weighted by molar-refractivity contribution is -0.384. The second-order valence-electron chi connectivity index (χ2n) is 7.56. The summed E-state index contributed by atoms with van der Waals surface area (Å²) in [5, 5.41) is 18.2. The smallest absolute Gasteiger partial charge is 0.271 e. The second-order valence-corrected chi connectivity index (χ2v) is 8.38. The molecule has 1 aliphatic carbocycles. The molecule has 1 heterocycles. The van der Waals surface area contributed by atoms with Crippen LogP contribution in [-0.4, -0.2) is 40.1 Å². The molecular weight excluding hydrogens is 384 g/mol. The second kappa shape index (κ2) is 9.17. The quantitative estimate of drug-likeness (QED) is 0.415. The summed E-state index contributed by atoms with van der Waals surface area (Å²) in [6.07, 6.45) is 10.1. The summed E-state index contributed by atoms with van der Waals surface area (Å²) in [6.45, 7) is 3.13. The van der Waals surface area contributed by atoms with Gasteiger partial charge in [-0.05, 0) is 57.1 Å². The predicted octanol–water partition coefficient (Wildman–Crippen LogP) is 4.72. The van der Waals surface area contributed by atoms with E-state index in [1.165, 1.54) is 82.7 Å². The van der Waals surface area contributed by atoms with Crippen LogP contribution in [-0.2, 0) is 0 Å². The Morgan fingerprint density at radius 1 is 1.19 bits per heavy atom. The number of nitro groups is 1. The van der Waals surface area contributed by atoms with E-state index in [1.807, 2.05) is 0 Å². The molecule has 0 atom stereocenters. The van der Waals surface area contributed by atoms with Crippen molar-refractivity contribution < 1.29 is 4.92 Å². The van der Waals surface area contributed by atoms with Crippen molar-refractivity contribution in [1.29, 1.82) is 0 Å². The Labute approximate surface area is 170 Å². The van der Waals surface area contributed by atoms with Crippen molar-refractivity contribution in [2.75, 3.05) is 25.0 Å². The molecule has 0 bridgehead atoms. The van der Waals surface area contributed by atoms with Crippen LogP contribution in [0.25, 0.3) is 0 Å². The number of nitrogens with zero attached hydrogens (tertiary/aromatic N) is 2. The number of rotatable bonds is 5. The highest BCUT2D eigenvalue weighted by molar-refractivity contribution is 7.80. The number of nitrogens with one attached hydrogen (secondary N) is 2. The van der Waals surface area contributed by atoms with Crippen LogP contribution in [0.3, 0.4) is 0 Å². The van der Waals surface area contributed by atoms with Gasteiger partial charge in [0.1, 0.15) is 0 Å². The molecule has 1 saturated heterocycles. The Hall–Kier alpha value is -1.44. The van der Waals surface area contributed by atoms with Crippen LogP contribution in [0.1, 0.15) is 51.4 Å². The summed E-state index contributed by atoms with van der Waals surface area (Å²) in [7, 11) is 0. The molecule has 1 aromatic rings. The number of anilines is 1. The molecule has 2 N–H and O–H groups in total. The van der Waals surface area contributed by atoms with E-state index >= 15 is 0 Å². The fourth-order valence-corrected chi connectivity index (χ4v) is 4.66. The van der Waals surface area contributed by atoms with Crippen LogP contribution in [0, 0.1) is 10.1 Å². The number of thiocarbonyl (C=S) groups is 1. The number of non-ortho nitro benzene ring substituents is 1. The molecule has 0 unspecified atom stereocenters. The van der Waals surface area contributed by atoms with E-state index in [1.54, 1.807) is 0 Å². The van der Waals surface area contributed by atoms with Crippen LogP contribution in [0.4, 0.5) is 11.4 Å². The number of halogens is 1. The first kappa shape index (κ1) is 20.3. The van der Waals surface area contributed by atoms with E-state index < -0.39 is 4.92 Å². The van der Waals surface area contributed by atoms with Gasteiger partial charge in [-0.15, -0.1) is 0 Å². The van der Waals surface area contributed by atoms with Crippen LogP contribution < -0.4 is 10.6 Å². The van der Waals surface area contributed by atoms with Gasteiger partial charge in [-0.3, -0.25) is 15.0 Å². The monoisotopic (exact) mass is 410 g/mol. The maximum atomic E-state index is 11.0. The minimum absolute atomic E-state index is 0.0123. The molecule has 1 aliphatic heterocycles. The van der Waals surface area contributed by atoms with Gasteiger partial charge in [0.15, 0.2) is 5.11 Å². The summed E-state index contributed by atoms with van der Waals surface area (Å²) >= 11 is 11.6. The van der Waals surface area contributed by atoms with Gasteiger partial charge in [0.05, 0.1) is 15.6 Å². The maximum absolute atomic E-state index is 11.0. The van der Waals surface area contributed by atoms with Crippen molar-refractivity contribution in [2.45, 2.75) is 56.9 Å². The molecule has 0 amide bonds. The number of nitro benzene ring substituents is 1. The van der Waals surface area contributed by atoms with Gasteiger partial charge in [-0.25, -0.2) is 0 Å². The van der Waals surface area contributed by atoms with Crippen LogP contribution in [0.15, 0.2) is 18.2 Å². The molecule has 6 nitrogen and oxygen atoms in total. The van der Waals surface area contributed by atoms with Crippen LogP contribution in [0.5, 0.6) is 0 Å². The Bertz CT molecular complexity index is 688. The number of hydrogen-bond donors (Lipinski definition) is 2. The third kappa shape index (κ3) is 5.09. The van der Waals surface area contributed by atoms with Gasteiger partial charge in [-0.1, -0.05) is 37.3 Å². The molecular formula is C19H27ClN4O2S. The largest absolute Gasteiger partial charge is 0.361 e. The average molecular weight is 411 g/mol. The van der Waals surface area contributed by atoms with E-state index in [0.29, 0.717) is 15.8 Å². The molecule has 1 saturated carbocycles. The number of likely N-dealkylation sites (tertiary alicyclic amines) is 1. The van der Waals surface area contributed by atoms with Crippen molar-refractivity contribution in [3.63, 3.8) is 0 Å². The first-order chi connectivity index (χ1) is 13.0. The normalized spacial score (nSPS) is 20.0. The van der Waals surface area contributed by atoms with E-state index in [-0.39, 0.29) is 11.2 Å². The van der Waals surface area contributed by atoms with Crippen molar-refractivity contribution in [2.24, 2.45) is 0 Å². The van der Waals surface area contributed by atoms with E-state index in [2.05, 4.69) is 15.5 Å². The van der Waals surface area contributed by atoms with Crippen LogP contribution >= 0.6 is 23.8 Å². The predicted molar refractivity (Wildman–Crippen MR) is 114 cm³/mol. The molecule has 2 fully saturated rings.